The molecule has 2 fully saturated rings. The molecule has 1 aliphatic carbocycles. The molecule has 1 saturated heterocycles. The lowest BCUT2D eigenvalue weighted by Crippen LogP contribution is -2.55. The third-order valence-corrected chi connectivity index (χ3v) is 9.06. The Bertz CT molecular complexity index is 1110. The fourth-order valence-corrected chi connectivity index (χ4v) is 6.54. The summed E-state index contributed by atoms with van der Waals surface area (Å²) in [6.07, 6.45) is 4.85. The average molecular weight is 549 g/mol. The molecule has 34 heavy (non-hydrogen) atoms. The van der Waals surface area contributed by atoms with E-state index < -0.39 is 15.9 Å². The molecule has 4 rings (SSSR count). The van der Waals surface area contributed by atoms with Crippen molar-refractivity contribution in [2.45, 2.75) is 55.5 Å². The molecule has 2 amide bonds. The van der Waals surface area contributed by atoms with Gasteiger partial charge in [0, 0.05) is 35.2 Å². The molecule has 2 aromatic carbocycles. The molecule has 2 aromatic rings. The van der Waals surface area contributed by atoms with Gasteiger partial charge in [-0.25, -0.2) is 8.42 Å². The van der Waals surface area contributed by atoms with Gasteiger partial charge in [-0.05, 0) is 62.1 Å². The quantitative estimate of drug-likeness (QED) is 0.576. The van der Waals surface area contributed by atoms with Crippen LogP contribution < -0.4 is 10.6 Å². The zero-order chi connectivity index (χ0) is 24.1. The number of hydrogen-bond donors (Lipinski definition) is 2. The number of benzene rings is 2. The third-order valence-electron chi connectivity index (χ3n) is 6.65. The monoisotopic (exact) mass is 547 g/mol. The Hall–Kier alpha value is -2.23. The Labute approximate surface area is 209 Å². The molecular weight excluding hydrogens is 518 g/mol. The van der Waals surface area contributed by atoms with Crippen molar-refractivity contribution in [2.24, 2.45) is 5.92 Å². The first-order valence-electron chi connectivity index (χ1n) is 11.8. The SMILES string of the molecule is O=C(N[C@@H]1CCCCC1NC(=O)C1CCCN(S(=O)(=O)c2ccc(Br)cc2)C1)c1ccccc1. The lowest BCUT2D eigenvalue weighted by molar-refractivity contribution is -0.127. The fourth-order valence-electron chi connectivity index (χ4n) is 4.75. The zero-order valence-corrected chi connectivity index (χ0v) is 21.4. The maximum absolute atomic E-state index is 13.2. The normalized spacial score (nSPS) is 23.7. The van der Waals surface area contributed by atoms with Crippen LogP contribution in [0, 0.1) is 5.92 Å². The molecule has 7 nitrogen and oxygen atoms in total. The van der Waals surface area contributed by atoms with Crippen molar-refractivity contribution in [1.29, 1.82) is 0 Å². The van der Waals surface area contributed by atoms with Crippen molar-refractivity contribution in [3.8, 4) is 0 Å². The van der Waals surface area contributed by atoms with Gasteiger partial charge in [-0.3, -0.25) is 9.59 Å². The number of nitrogens with one attached hydrogen (secondary N) is 2. The van der Waals surface area contributed by atoms with E-state index in [1.807, 2.05) is 18.2 Å². The number of nitrogens with zero attached hydrogens (tertiary/aromatic N) is 1. The first-order chi connectivity index (χ1) is 16.3. The lowest BCUT2D eigenvalue weighted by Gasteiger charge is -2.36. The number of carbonyl (C=O) groups is 2. The topological polar surface area (TPSA) is 95.6 Å². The number of piperidine rings is 1. The van der Waals surface area contributed by atoms with Crippen molar-refractivity contribution in [3.05, 3.63) is 64.6 Å². The van der Waals surface area contributed by atoms with Crippen LogP contribution in [0.2, 0.25) is 0 Å². The number of amides is 2. The maximum Gasteiger partial charge on any atom is 0.251 e. The summed E-state index contributed by atoms with van der Waals surface area (Å²) in [7, 11) is -3.66. The van der Waals surface area contributed by atoms with Crippen molar-refractivity contribution < 1.29 is 18.0 Å². The van der Waals surface area contributed by atoms with E-state index >= 15 is 0 Å². The molecular formula is C25H30BrN3O4S. The molecule has 2 N–H and O–H groups in total. The van der Waals surface area contributed by atoms with Crippen LogP contribution in [0.5, 0.6) is 0 Å². The molecule has 1 heterocycles. The first kappa shape index (κ1) is 24.9. The smallest absolute Gasteiger partial charge is 0.251 e. The molecule has 0 radical (unpaired) electrons. The summed E-state index contributed by atoms with van der Waals surface area (Å²) in [4.78, 5) is 26.1. The Morgan fingerprint density at radius 1 is 0.853 bits per heavy atom. The van der Waals surface area contributed by atoms with Gasteiger partial charge in [-0.15, -0.1) is 0 Å². The summed E-state index contributed by atoms with van der Waals surface area (Å²) in [6, 6.07) is 15.3. The van der Waals surface area contributed by atoms with Crippen LogP contribution in [0.1, 0.15) is 48.9 Å². The molecule has 2 aliphatic rings. The highest BCUT2D eigenvalue weighted by Crippen LogP contribution is 2.26. The van der Waals surface area contributed by atoms with Gasteiger partial charge in [0.25, 0.3) is 5.91 Å². The third kappa shape index (κ3) is 5.87. The van der Waals surface area contributed by atoms with E-state index in [1.54, 1.807) is 36.4 Å². The first-order valence-corrected chi connectivity index (χ1v) is 14.0. The molecule has 0 bridgehead atoms. The van der Waals surface area contributed by atoms with Gasteiger partial charge in [0.2, 0.25) is 15.9 Å². The molecule has 182 valence electrons. The van der Waals surface area contributed by atoms with E-state index in [0.29, 0.717) is 24.9 Å². The van der Waals surface area contributed by atoms with Crippen molar-refractivity contribution in [1.82, 2.24) is 14.9 Å². The van der Waals surface area contributed by atoms with Crippen LogP contribution in [0.3, 0.4) is 0 Å². The fraction of sp³-hybridized carbons (Fsp3) is 0.440. The minimum atomic E-state index is -3.66. The maximum atomic E-state index is 13.2. The lowest BCUT2D eigenvalue weighted by atomic mass is 9.89. The summed E-state index contributed by atoms with van der Waals surface area (Å²) in [5.74, 6) is -0.691. The number of hydrogen-bond acceptors (Lipinski definition) is 4. The second-order valence-corrected chi connectivity index (χ2v) is 11.9. The van der Waals surface area contributed by atoms with E-state index in [0.717, 1.165) is 30.2 Å². The van der Waals surface area contributed by atoms with Gasteiger partial charge < -0.3 is 10.6 Å². The Balaban J connectivity index is 1.39. The van der Waals surface area contributed by atoms with E-state index in [1.165, 1.54) is 4.31 Å². The van der Waals surface area contributed by atoms with Crippen molar-refractivity contribution in [2.75, 3.05) is 13.1 Å². The van der Waals surface area contributed by atoms with E-state index in [2.05, 4.69) is 26.6 Å². The van der Waals surface area contributed by atoms with Crippen LogP contribution >= 0.6 is 15.9 Å². The molecule has 9 heteroatoms. The van der Waals surface area contributed by atoms with Crippen molar-refractivity contribution in [3.63, 3.8) is 0 Å². The minimum absolute atomic E-state index is 0.137. The van der Waals surface area contributed by atoms with E-state index in [9.17, 15) is 18.0 Å². The molecule has 3 atom stereocenters. The van der Waals surface area contributed by atoms with E-state index in [4.69, 9.17) is 0 Å². The predicted octanol–water partition coefficient (Wildman–Crippen LogP) is 3.71. The largest absolute Gasteiger partial charge is 0.351 e. The minimum Gasteiger partial charge on any atom is -0.351 e. The van der Waals surface area contributed by atoms with Gasteiger partial charge in [0.05, 0.1) is 10.8 Å². The molecule has 0 spiro atoms. The highest BCUT2D eigenvalue weighted by atomic mass is 79.9. The molecule has 0 aromatic heterocycles. The van der Waals surface area contributed by atoms with Gasteiger partial charge in [0.1, 0.15) is 0 Å². The summed E-state index contributed by atoms with van der Waals surface area (Å²) in [6.45, 7) is 0.569. The van der Waals surface area contributed by atoms with Gasteiger partial charge >= 0.3 is 0 Å². The van der Waals surface area contributed by atoms with Gasteiger partial charge in [0.15, 0.2) is 0 Å². The number of sulfonamides is 1. The Morgan fingerprint density at radius 2 is 1.50 bits per heavy atom. The second kappa shape index (κ2) is 11.0. The molecule has 1 aliphatic heterocycles. The van der Waals surface area contributed by atoms with Gasteiger partial charge in [-0.1, -0.05) is 47.0 Å². The number of halogens is 1. The van der Waals surface area contributed by atoms with Crippen LogP contribution in [0.25, 0.3) is 0 Å². The van der Waals surface area contributed by atoms with Crippen LogP contribution in [0.4, 0.5) is 0 Å². The standard InChI is InChI=1S/C25H30BrN3O4S/c26-20-12-14-21(15-13-20)34(32,33)29-16-6-9-19(17-29)25(31)28-23-11-5-4-10-22(23)27-24(30)18-7-2-1-3-8-18/h1-3,7-8,12-15,19,22-23H,4-6,9-11,16-17H2,(H,27,30)(H,28,31)/t19?,22-,23?/m1/s1. The average Bonchev–Trinajstić information content (AvgIpc) is 2.86. The Kier molecular flexibility index (Phi) is 8.06. The number of carbonyl (C=O) groups excluding carboxylic acids is 2. The second-order valence-electron chi connectivity index (χ2n) is 9.00. The van der Waals surface area contributed by atoms with Crippen molar-refractivity contribution >= 4 is 37.8 Å². The Morgan fingerprint density at radius 3 is 2.18 bits per heavy atom. The number of rotatable bonds is 6. The van der Waals surface area contributed by atoms with Gasteiger partial charge in [-0.2, -0.15) is 4.31 Å². The summed E-state index contributed by atoms with van der Waals surface area (Å²) < 4.78 is 28.4. The van der Waals surface area contributed by atoms with Crippen LogP contribution in [-0.4, -0.2) is 49.7 Å². The summed E-state index contributed by atoms with van der Waals surface area (Å²) in [5, 5.41) is 6.22. The predicted molar refractivity (Wildman–Crippen MR) is 134 cm³/mol. The van der Waals surface area contributed by atoms with Crippen LogP contribution in [0.15, 0.2) is 64.0 Å². The highest BCUT2D eigenvalue weighted by Gasteiger charge is 2.35. The summed E-state index contributed by atoms with van der Waals surface area (Å²) in [5.41, 5.74) is 0.597. The van der Waals surface area contributed by atoms with Crippen LogP contribution in [-0.2, 0) is 14.8 Å². The molecule has 2 unspecified atom stereocenters. The summed E-state index contributed by atoms with van der Waals surface area (Å²) >= 11 is 3.33. The molecule has 1 saturated carbocycles. The highest BCUT2D eigenvalue weighted by molar-refractivity contribution is 9.10. The van der Waals surface area contributed by atoms with E-state index in [-0.39, 0.29) is 35.3 Å². The zero-order valence-electron chi connectivity index (χ0n) is 19.0.